The van der Waals surface area contributed by atoms with Crippen LogP contribution in [0.1, 0.15) is 16.8 Å². The predicted octanol–water partition coefficient (Wildman–Crippen LogP) is 1.82. The first kappa shape index (κ1) is 15.4. The van der Waals surface area contributed by atoms with E-state index in [2.05, 4.69) is 0 Å². The zero-order valence-electron chi connectivity index (χ0n) is 10.4. The number of amides is 1. The monoisotopic (exact) mass is 372 g/mol. The Morgan fingerprint density at radius 1 is 1.42 bits per heavy atom. The predicted molar refractivity (Wildman–Crippen MR) is 77.3 cm³/mol. The quantitative estimate of drug-likeness (QED) is 0.584. The van der Waals surface area contributed by atoms with Crippen LogP contribution in [0.2, 0.25) is 0 Å². The SMILES string of the molecule is CN(CCC#N)C(=O)COC(=O)c1ccccc1I. The highest BCUT2D eigenvalue weighted by atomic mass is 127. The molecule has 1 rings (SSSR count). The molecule has 0 aromatic heterocycles. The number of likely N-dealkylation sites (N-methyl/N-ethyl adjacent to an activating group) is 1. The van der Waals surface area contributed by atoms with Crippen LogP contribution in [0, 0.1) is 14.9 Å². The molecule has 0 heterocycles. The van der Waals surface area contributed by atoms with Gasteiger partial charge in [-0.05, 0) is 34.7 Å². The van der Waals surface area contributed by atoms with Gasteiger partial charge in [-0.2, -0.15) is 5.26 Å². The summed E-state index contributed by atoms with van der Waals surface area (Å²) in [5, 5.41) is 8.42. The topological polar surface area (TPSA) is 70.4 Å². The lowest BCUT2D eigenvalue weighted by molar-refractivity contribution is -0.133. The Bertz CT molecular complexity index is 511. The van der Waals surface area contributed by atoms with Gasteiger partial charge in [0.1, 0.15) is 0 Å². The third-order valence-electron chi connectivity index (χ3n) is 2.41. The Balaban J connectivity index is 2.49. The number of halogens is 1. The summed E-state index contributed by atoms with van der Waals surface area (Å²) in [6.45, 7) is 0.0154. The number of nitriles is 1. The number of ether oxygens (including phenoxy) is 1. The minimum atomic E-state index is -0.521. The first-order valence-electron chi connectivity index (χ1n) is 5.59. The molecule has 0 N–H and O–H groups in total. The lowest BCUT2D eigenvalue weighted by atomic mass is 10.2. The molecule has 1 aromatic rings. The summed E-state index contributed by atoms with van der Waals surface area (Å²) in [5.74, 6) is -0.846. The van der Waals surface area contributed by atoms with Gasteiger partial charge in [0.05, 0.1) is 18.1 Å². The highest BCUT2D eigenvalue weighted by Gasteiger charge is 2.14. The average Bonchev–Trinajstić information content (AvgIpc) is 2.42. The van der Waals surface area contributed by atoms with Gasteiger partial charge in [0, 0.05) is 17.2 Å². The molecule has 100 valence electrons. The van der Waals surface area contributed by atoms with Crippen LogP contribution in [0.4, 0.5) is 0 Å². The molecule has 0 bridgehead atoms. The molecule has 0 atom stereocenters. The highest BCUT2D eigenvalue weighted by Crippen LogP contribution is 2.12. The van der Waals surface area contributed by atoms with Gasteiger partial charge in [0.2, 0.25) is 0 Å². The summed E-state index contributed by atoms with van der Waals surface area (Å²) in [6.07, 6.45) is 0.257. The van der Waals surface area contributed by atoms with E-state index in [0.29, 0.717) is 12.1 Å². The van der Waals surface area contributed by atoms with E-state index < -0.39 is 5.97 Å². The fraction of sp³-hybridized carbons (Fsp3) is 0.308. The summed E-state index contributed by atoms with van der Waals surface area (Å²) in [7, 11) is 1.57. The van der Waals surface area contributed by atoms with Crippen molar-refractivity contribution in [3.63, 3.8) is 0 Å². The Morgan fingerprint density at radius 3 is 2.74 bits per heavy atom. The summed E-state index contributed by atoms with van der Waals surface area (Å²) in [5.41, 5.74) is 0.440. The number of nitrogens with zero attached hydrogens (tertiary/aromatic N) is 2. The summed E-state index contributed by atoms with van der Waals surface area (Å²) >= 11 is 2.03. The number of benzene rings is 1. The summed E-state index contributed by atoms with van der Waals surface area (Å²) in [4.78, 5) is 24.7. The molecule has 0 fully saturated rings. The fourth-order valence-corrected chi connectivity index (χ4v) is 1.89. The van der Waals surface area contributed by atoms with Gasteiger partial charge in [0.15, 0.2) is 6.61 Å². The molecule has 0 spiro atoms. The number of esters is 1. The zero-order valence-corrected chi connectivity index (χ0v) is 12.6. The molecular formula is C13H13IN2O3. The molecule has 0 radical (unpaired) electrons. The first-order chi connectivity index (χ1) is 9.06. The molecule has 0 aliphatic carbocycles. The first-order valence-corrected chi connectivity index (χ1v) is 6.66. The minimum Gasteiger partial charge on any atom is -0.452 e. The van der Waals surface area contributed by atoms with Crippen molar-refractivity contribution in [1.82, 2.24) is 4.90 Å². The van der Waals surface area contributed by atoms with Crippen LogP contribution >= 0.6 is 22.6 Å². The maximum atomic E-state index is 11.8. The molecule has 6 heteroatoms. The van der Waals surface area contributed by atoms with Crippen molar-refractivity contribution in [2.24, 2.45) is 0 Å². The van der Waals surface area contributed by atoms with Gasteiger partial charge in [-0.25, -0.2) is 4.79 Å². The van der Waals surface area contributed by atoms with Crippen LogP contribution < -0.4 is 0 Å². The van der Waals surface area contributed by atoms with E-state index in [1.165, 1.54) is 4.90 Å². The Hall–Kier alpha value is -1.62. The molecule has 0 aliphatic rings. The molecule has 0 saturated heterocycles. The van der Waals surface area contributed by atoms with E-state index >= 15 is 0 Å². The summed E-state index contributed by atoms with van der Waals surface area (Å²) in [6, 6.07) is 8.94. The lowest BCUT2D eigenvalue weighted by Crippen LogP contribution is -2.32. The van der Waals surface area contributed by atoms with Crippen LogP contribution in [-0.2, 0) is 9.53 Å². The van der Waals surface area contributed by atoms with E-state index in [9.17, 15) is 9.59 Å². The van der Waals surface area contributed by atoms with Crippen molar-refractivity contribution in [2.45, 2.75) is 6.42 Å². The molecule has 1 aromatic carbocycles. The second-order valence-electron chi connectivity index (χ2n) is 3.78. The minimum absolute atomic E-state index is 0.257. The fourth-order valence-electron chi connectivity index (χ4n) is 1.28. The number of rotatable bonds is 5. The van der Waals surface area contributed by atoms with Gasteiger partial charge >= 0.3 is 5.97 Å². The van der Waals surface area contributed by atoms with Crippen molar-refractivity contribution in [2.75, 3.05) is 20.2 Å². The molecule has 0 aliphatic heterocycles. The van der Waals surface area contributed by atoms with E-state index in [1.54, 1.807) is 25.2 Å². The standard InChI is InChI=1S/C13H13IN2O3/c1-16(8-4-7-15)12(17)9-19-13(18)10-5-2-3-6-11(10)14/h2-3,5-6H,4,8-9H2,1H3. The van der Waals surface area contributed by atoms with Crippen LogP contribution in [0.3, 0.4) is 0 Å². The largest absolute Gasteiger partial charge is 0.452 e. The van der Waals surface area contributed by atoms with E-state index in [-0.39, 0.29) is 18.9 Å². The van der Waals surface area contributed by atoms with Gasteiger partial charge in [-0.1, -0.05) is 12.1 Å². The molecule has 19 heavy (non-hydrogen) atoms. The second-order valence-corrected chi connectivity index (χ2v) is 4.94. The van der Waals surface area contributed by atoms with Gasteiger partial charge in [-0.3, -0.25) is 4.79 Å². The van der Waals surface area contributed by atoms with Crippen LogP contribution in [0.15, 0.2) is 24.3 Å². The maximum absolute atomic E-state index is 11.8. The van der Waals surface area contributed by atoms with Crippen molar-refractivity contribution < 1.29 is 14.3 Å². The Kier molecular flexibility index (Phi) is 6.29. The van der Waals surface area contributed by atoms with Crippen molar-refractivity contribution in [1.29, 1.82) is 5.26 Å². The smallest absolute Gasteiger partial charge is 0.339 e. The number of carbonyl (C=O) groups is 2. The molecular weight excluding hydrogens is 359 g/mol. The number of hydrogen-bond acceptors (Lipinski definition) is 4. The molecule has 1 amide bonds. The highest BCUT2D eigenvalue weighted by molar-refractivity contribution is 14.1. The molecule has 0 unspecified atom stereocenters. The normalized spacial score (nSPS) is 9.53. The zero-order chi connectivity index (χ0) is 14.3. The second kappa shape index (κ2) is 7.74. The Morgan fingerprint density at radius 2 is 2.11 bits per heavy atom. The molecule has 5 nitrogen and oxygen atoms in total. The van der Waals surface area contributed by atoms with Crippen molar-refractivity contribution >= 4 is 34.5 Å². The maximum Gasteiger partial charge on any atom is 0.339 e. The van der Waals surface area contributed by atoms with Crippen LogP contribution in [0.5, 0.6) is 0 Å². The van der Waals surface area contributed by atoms with Crippen molar-refractivity contribution in [3.05, 3.63) is 33.4 Å². The van der Waals surface area contributed by atoms with Gasteiger partial charge < -0.3 is 9.64 Å². The Labute approximate surface area is 125 Å². The third-order valence-corrected chi connectivity index (χ3v) is 3.35. The van der Waals surface area contributed by atoms with Crippen LogP contribution in [-0.4, -0.2) is 37.0 Å². The van der Waals surface area contributed by atoms with E-state index in [1.807, 2.05) is 34.7 Å². The van der Waals surface area contributed by atoms with E-state index in [0.717, 1.165) is 3.57 Å². The number of carbonyl (C=O) groups excluding carboxylic acids is 2. The third kappa shape index (κ3) is 4.87. The number of hydrogen-bond donors (Lipinski definition) is 0. The van der Waals surface area contributed by atoms with Gasteiger partial charge in [0.25, 0.3) is 5.91 Å². The van der Waals surface area contributed by atoms with Crippen LogP contribution in [0.25, 0.3) is 0 Å². The summed E-state index contributed by atoms with van der Waals surface area (Å²) < 4.78 is 5.73. The average molecular weight is 372 g/mol. The van der Waals surface area contributed by atoms with Crippen molar-refractivity contribution in [3.8, 4) is 6.07 Å². The van der Waals surface area contributed by atoms with Gasteiger partial charge in [-0.15, -0.1) is 0 Å². The molecule has 0 saturated carbocycles. The lowest BCUT2D eigenvalue weighted by Gasteiger charge is -2.15. The van der Waals surface area contributed by atoms with E-state index in [4.69, 9.17) is 10.00 Å².